The predicted molar refractivity (Wildman–Crippen MR) is 89.0 cm³/mol. The summed E-state index contributed by atoms with van der Waals surface area (Å²) in [5.41, 5.74) is 0.473. The van der Waals surface area contributed by atoms with Gasteiger partial charge in [0, 0.05) is 36.8 Å². The van der Waals surface area contributed by atoms with Crippen LogP contribution in [0.3, 0.4) is 0 Å². The van der Waals surface area contributed by atoms with Crippen LogP contribution < -0.4 is 5.32 Å². The van der Waals surface area contributed by atoms with Crippen LogP contribution in [0.25, 0.3) is 0 Å². The van der Waals surface area contributed by atoms with E-state index in [0.717, 1.165) is 5.56 Å². The first-order valence-corrected chi connectivity index (χ1v) is 8.25. The Morgan fingerprint density at radius 2 is 2.20 bits per heavy atom. The van der Waals surface area contributed by atoms with Crippen molar-refractivity contribution in [3.63, 3.8) is 0 Å². The first-order chi connectivity index (χ1) is 11.8. The standard InChI is InChI=1S/C17H23N5O3/c1-17(2,3)22-14(23)7-13(15(22)11-8-19-21(4)10-11)16(24)18-9-12-5-6-20-25-12/h5-6,8,10,13,15H,7,9H2,1-4H3,(H,18,24). The lowest BCUT2D eigenvalue weighted by Crippen LogP contribution is -2.45. The molecule has 2 aromatic rings. The van der Waals surface area contributed by atoms with Crippen LogP contribution >= 0.6 is 0 Å². The van der Waals surface area contributed by atoms with E-state index in [1.54, 1.807) is 21.8 Å². The van der Waals surface area contributed by atoms with E-state index in [-0.39, 0.29) is 30.8 Å². The Labute approximate surface area is 146 Å². The van der Waals surface area contributed by atoms with Gasteiger partial charge in [-0.1, -0.05) is 5.16 Å². The highest BCUT2D eigenvalue weighted by Crippen LogP contribution is 2.42. The molecule has 2 aromatic heterocycles. The Kier molecular flexibility index (Phi) is 4.36. The Hall–Kier alpha value is -2.64. The van der Waals surface area contributed by atoms with Crippen LogP contribution in [0.1, 0.15) is 44.6 Å². The maximum Gasteiger partial charge on any atom is 0.226 e. The molecule has 1 saturated heterocycles. The fraction of sp³-hybridized carbons (Fsp3) is 0.529. The van der Waals surface area contributed by atoms with Crippen LogP contribution in [0, 0.1) is 5.92 Å². The molecule has 134 valence electrons. The van der Waals surface area contributed by atoms with Crippen molar-refractivity contribution < 1.29 is 14.1 Å². The third-order valence-electron chi connectivity index (χ3n) is 4.38. The minimum atomic E-state index is -0.473. The number of aromatic nitrogens is 3. The molecule has 2 atom stereocenters. The second kappa shape index (κ2) is 6.34. The molecule has 0 spiro atoms. The van der Waals surface area contributed by atoms with Gasteiger partial charge in [-0.15, -0.1) is 0 Å². The molecule has 1 aliphatic rings. The Bertz CT molecular complexity index is 760. The summed E-state index contributed by atoms with van der Waals surface area (Å²) in [6.45, 7) is 6.17. The number of nitrogens with one attached hydrogen (secondary N) is 1. The van der Waals surface area contributed by atoms with Crippen LogP contribution in [0.2, 0.25) is 0 Å². The average Bonchev–Trinajstić information content (AvgIpc) is 3.23. The van der Waals surface area contributed by atoms with E-state index in [0.29, 0.717) is 5.76 Å². The maximum atomic E-state index is 12.8. The summed E-state index contributed by atoms with van der Waals surface area (Å²) in [7, 11) is 1.82. The molecule has 2 amide bonds. The van der Waals surface area contributed by atoms with Gasteiger partial charge < -0.3 is 14.7 Å². The van der Waals surface area contributed by atoms with Crippen LogP contribution in [0.15, 0.2) is 29.2 Å². The molecule has 1 aliphatic heterocycles. The molecular formula is C17H23N5O3. The third-order valence-corrected chi connectivity index (χ3v) is 4.38. The zero-order chi connectivity index (χ0) is 18.2. The van der Waals surface area contributed by atoms with Crippen LogP contribution in [-0.4, -0.2) is 37.2 Å². The second-order valence-corrected chi connectivity index (χ2v) is 7.33. The topological polar surface area (TPSA) is 93.3 Å². The van der Waals surface area contributed by atoms with Crippen LogP contribution in [0.4, 0.5) is 0 Å². The molecule has 0 aromatic carbocycles. The number of nitrogens with zero attached hydrogens (tertiary/aromatic N) is 4. The fourth-order valence-corrected chi connectivity index (χ4v) is 3.37. The number of hydrogen-bond acceptors (Lipinski definition) is 5. The molecule has 0 saturated carbocycles. The van der Waals surface area contributed by atoms with Crippen molar-refractivity contribution in [1.29, 1.82) is 0 Å². The molecule has 0 bridgehead atoms. The largest absolute Gasteiger partial charge is 0.360 e. The summed E-state index contributed by atoms with van der Waals surface area (Å²) in [5.74, 6) is -0.103. The zero-order valence-electron chi connectivity index (χ0n) is 14.9. The van der Waals surface area contributed by atoms with Crippen molar-refractivity contribution in [3.8, 4) is 0 Å². The number of likely N-dealkylation sites (tertiary alicyclic amines) is 1. The molecule has 3 heterocycles. The molecule has 25 heavy (non-hydrogen) atoms. The SMILES string of the molecule is Cn1cc(C2C(C(=O)NCc3ccno3)CC(=O)N2C(C)(C)C)cn1. The predicted octanol–water partition coefficient (Wildman–Crippen LogP) is 1.41. The third kappa shape index (κ3) is 3.42. The van der Waals surface area contributed by atoms with Crippen molar-refractivity contribution >= 4 is 11.8 Å². The van der Waals surface area contributed by atoms with Gasteiger partial charge in [0.1, 0.15) is 0 Å². The smallest absolute Gasteiger partial charge is 0.226 e. The Morgan fingerprint density at radius 3 is 2.76 bits per heavy atom. The summed E-state index contributed by atoms with van der Waals surface area (Å²) in [6, 6.07) is 1.36. The number of rotatable bonds is 4. The number of amides is 2. The van der Waals surface area contributed by atoms with Gasteiger partial charge in [0.15, 0.2) is 5.76 Å². The summed E-state index contributed by atoms with van der Waals surface area (Å²) in [4.78, 5) is 27.2. The highest BCUT2D eigenvalue weighted by atomic mass is 16.5. The Morgan fingerprint density at radius 1 is 1.44 bits per heavy atom. The van der Waals surface area contributed by atoms with E-state index >= 15 is 0 Å². The summed E-state index contributed by atoms with van der Waals surface area (Å²) in [5, 5.41) is 10.7. The molecular weight excluding hydrogens is 322 g/mol. The van der Waals surface area contributed by atoms with Gasteiger partial charge in [0.25, 0.3) is 0 Å². The van der Waals surface area contributed by atoms with Crippen LogP contribution in [-0.2, 0) is 23.2 Å². The van der Waals surface area contributed by atoms with Crippen molar-refractivity contribution in [2.45, 2.75) is 45.3 Å². The molecule has 8 heteroatoms. The van der Waals surface area contributed by atoms with Gasteiger partial charge >= 0.3 is 0 Å². The van der Waals surface area contributed by atoms with E-state index in [4.69, 9.17) is 4.52 Å². The average molecular weight is 345 g/mol. The molecule has 0 aliphatic carbocycles. The molecule has 0 radical (unpaired) electrons. The first-order valence-electron chi connectivity index (χ1n) is 8.25. The number of carbonyl (C=O) groups is 2. The van der Waals surface area contributed by atoms with E-state index < -0.39 is 11.5 Å². The van der Waals surface area contributed by atoms with Gasteiger partial charge in [-0.25, -0.2) is 0 Å². The highest BCUT2D eigenvalue weighted by molar-refractivity contribution is 5.90. The summed E-state index contributed by atoms with van der Waals surface area (Å²) < 4.78 is 6.69. The van der Waals surface area contributed by atoms with Gasteiger partial charge in [0.2, 0.25) is 11.8 Å². The van der Waals surface area contributed by atoms with E-state index in [9.17, 15) is 9.59 Å². The van der Waals surface area contributed by atoms with Crippen molar-refractivity contribution in [1.82, 2.24) is 25.2 Å². The molecule has 2 unspecified atom stereocenters. The van der Waals surface area contributed by atoms with Crippen molar-refractivity contribution in [2.24, 2.45) is 13.0 Å². The fourth-order valence-electron chi connectivity index (χ4n) is 3.37. The molecule has 1 fully saturated rings. The molecule has 1 N–H and O–H groups in total. The lowest BCUT2D eigenvalue weighted by molar-refractivity contribution is -0.133. The van der Waals surface area contributed by atoms with Crippen molar-refractivity contribution in [3.05, 3.63) is 36.0 Å². The van der Waals surface area contributed by atoms with Gasteiger partial charge in [-0.3, -0.25) is 14.3 Å². The lowest BCUT2D eigenvalue weighted by Gasteiger charge is -2.38. The summed E-state index contributed by atoms with van der Waals surface area (Å²) in [6.07, 6.45) is 5.29. The number of hydrogen-bond donors (Lipinski definition) is 1. The zero-order valence-corrected chi connectivity index (χ0v) is 14.9. The monoisotopic (exact) mass is 345 g/mol. The van der Waals surface area contributed by atoms with Gasteiger partial charge in [-0.05, 0) is 20.8 Å². The van der Waals surface area contributed by atoms with Crippen LogP contribution in [0.5, 0.6) is 0 Å². The Balaban J connectivity index is 1.85. The lowest BCUT2D eigenvalue weighted by atomic mass is 9.92. The van der Waals surface area contributed by atoms with E-state index in [2.05, 4.69) is 15.6 Å². The summed E-state index contributed by atoms with van der Waals surface area (Å²) >= 11 is 0. The normalized spacial score (nSPS) is 21.0. The van der Waals surface area contributed by atoms with E-state index in [1.807, 2.05) is 34.0 Å². The van der Waals surface area contributed by atoms with E-state index in [1.165, 1.54) is 6.20 Å². The quantitative estimate of drug-likeness (QED) is 0.904. The molecule has 3 rings (SSSR count). The number of aryl methyl sites for hydroxylation is 1. The minimum absolute atomic E-state index is 0.0267. The first kappa shape index (κ1) is 17.2. The van der Waals surface area contributed by atoms with Crippen molar-refractivity contribution in [2.75, 3.05) is 0 Å². The van der Waals surface area contributed by atoms with Gasteiger partial charge in [-0.2, -0.15) is 5.10 Å². The highest BCUT2D eigenvalue weighted by Gasteiger charge is 2.48. The maximum absolute atomic E-state index is 12.8. The number of carbonyl (C=O) groups excluding carboxylic acids is 2. The second-order valence-electron chi connectivity index (χ2n) is 7.33. The molecule has 8 nitrogen and oxygen atoms in total. The van der Waals surface area contributed by atoms with Gasteiger partial charge in [0.05, 0.1) is 30.9 Å². The minimum Gasteiger partial charge on any atom is -0.360 e.